The van der Waals surface area contributed by atoms with E-state index in [1.54, 1.807) is 0 Å². The number of fused-ring (bicyclic) bond motifs is 16. The van der Waals surface area contributed by atoms with Gasteiger partial charge in [-0.1, -0.05) is 178 Å². The second kappa shape index (κ2) is 12.1. The Morgan fingerprint density at radius 2 is 0.867 bits per heavy atom. The molecular weight excluding hydrogens is 727 g/mol. The molecule has 0 fully saturated rings. The van der Waals surface area contributed by atoms with Crippen LogP contribution < -0.4 is 4.90 Å². The van der Waals surface area contributed by atoms with E-state index >= 15 is 0 Å². The summed E-state index contributed by atoms with van der Waals surface area (Å²) in [5, 5.41) is 2.21. The fourth-order valence-corrected chi connectivity index (χ4v) is 11.4. The van der Waals surface area contributed by atoms with E-state index in [1.165, 1.54) is 77.9 Å². The molecule has 3 aliphatic rings. The number of nitrogens with zero attached hydrogens (tertiary/aromatic N) is 1. The first-order valence-electron chi connectivity index (χ1n) is 21.0. The van der Waals surface area contributed by atoms with Gasteiger partial charge in [0.25, 0.3) is 0 Å². The van der Waals surface area contributed by atoms with Crippen molar-refractivity contribution in [2.24, 2.45) is 0 Å². The van der Waals surface area contributed by atoms with Crippen LogP contribution >= 0.6 is 0 Å². The third-order valence-electron chi connectivity index (χ3n) is 13.9. The average molecular weight is 766 g/mol. The molecule has 0 unspecified atom stereocenters. The molecule has 2 heteroatoms. The Morgan fingerprint density at radius 3 is 1.58 bits per heavy atom. The Labute approximate surface area is 349 Å². The van der Waals surface area contributed by atoms with Crippen molar-refractivity contribution >= 4 is 39.0 Å². The maximum atomic E-state index is 6.58. The first kappa shape index (κ1) is 33.5. The van der Waals surface area contributed by atoms with E-state index in [0.29, 0.717) is 0 Å². The smallest absolute Gasteiger partial charge is 0.137 e. The molecule has 2 nitrogen and oxygen atoms in total. The van der Waals surface area contributed by atoms with Gasteiger partial charge in [-0.25, -0.2) is 0 Å². The van der Waals surface area contributed by atoms with Crippen LogP contribution in [-0.4, -0.2) is 0 Å². The van der Waals surface area contributed by atoms with Crippen LogP contribution in [0.1, 0.15) is 47.2 Å². The van der Waals surface area contributed by atoms with Crippen molar-refractivity contribution in [2.75, 3.05) is 4.90 Å². The van der Waals surface area contributed by atoms with E-state index in [1.807, 2.05) is 0 Å². The molecule has 0 N–H and O–H groups in total. The van der Waals surface area contributed by atoms with Gasteiger partial charge in [-0.2, -0.15) is 0 Å². The summed E-state index contributed by atoms with van der Waals surface area (Å²) in [5.41, 5.74) is 22.8. The lowest BCUT2D eigenvalue weighted by Crippen LogP contribution is -2.25. The molecule has 282 valence electrons. The summed E-state index contributed by atoms with van der Waals surface area (Å²) in [4.78, 5) is 2.52. The van der Waals surface area contributed by atoms with Crippen LogP contribution in [0.15, 0.2) is 205 Å². The van der Waals surface area contributed by atoms with Gasteiger partial charge in [-0.3, -0.25) is 0 Å². The van der Waals surface area contributed by atoms with Crippen molar-refractivity contribution in [3.63, 3.8) is 0 Å². The minimum Gasteiger partial charge on any atom is -0.456 e. The number of furan rings is 1. The van der Waals surface area contributed by atoms with Crippen LogP contribution in [0.4, 0.5) is 17.1 Å². The minimum atomic E-state index is -0.430. The first-order valence-corrected chi connectivity index (χ1v) is 21.0. The van der Waals surface area contributed by atoms with Crippen LogP contribution in [0.25, 0.3) is 66.4 Å². The predicted molar refractivity (Wildman–Crippen MR) is 248 cm³/mol. The highest BCUT2D eigenvalue weighted by Gasteiger charge is 2.51. The molecule has 60 heavy (non-hydrogen) atoms. The van der Waals surface area contributed by atoms with Gasteiger partial charge in [0.15, 0.2) is 0 Å². The number of benzene rings is 9. The van der Waals surface area contributed by atoms with E-state index in [9.17, 15) is 0 Å². The van der Waals surface area contributed by atoms with Crippen molar-refractivity contribution in [1.29, 1.82) is 0 Å². The second-order valence-electron chi connectivity index (χ2n) is 17.1. The fourth-order valence-electron chi connectivity index (χ4n) is 11.4. The molecule has 9 aromatic carbocycles. The van der Waals surface area contributed by atoms with Crippen LogP contribution in [0.5, 0.6) is 0 Å². The SMILES string of the molecule is CC1(C)c2ccccc2-c2c(N(c3ccccc3-c3ccc4c(c3)C3(c5ccccc5-c5ccccc53)c3ccccc3-4)c3cccc4oc5ccccc5c34)cccc21. The molecule has 0 radical (unpaired) electrons. The lowest BCUT2D eigenvalue weighted by atomic mass is 9.70. The van der Waals surface area contributed by atoms with Crippen molar-refractivity contribution in [3.05, 3.63) is 234 Å². The number of rotatable bonds is 4. The Morgan fingerprint density at radius 1 is 0.367 bits per heavy atom. The highest BCUT2D eigenvalue weighted by molar-refractivity contribution is 6.15. The molecule has 3 aliphatic carbocycles. The summed E-state index contributed by atoms with van der Waals surface area (Å²) in [5.74, 6) is 0. The molecule has 13 rings (SSSR count). The van der Waals surface area contributed by atoms with Crippen molar-refractivity contribution in [3.8, 4) is 44.5 Å². The standard InChI is InChI=1S/C58H39NO/c1-57(2)44-23-9-6-21-42(44)55-48(57)27-15-29-51(55)59(52-30-16-32-54-56(52)43-22-8-14-31-53(43)60-54)50-28-13-7-17-37(50)36-33-34-41-40-20-5-12-26-47(40)58(49(41)35-36)45-24-10-3-18-38(45)39-19-4-11-25-46(39)58/h3-35H,1-2H3. The van der Waals surface area contributed by atoms with Crippen LogP contribution in [-0.2, 0) is 10.8 Å². The molecule has 0 saturated heterocycles. The normalized spacial score (nSPS) is 14.4. The van der Waals surface area contributed by atoms with E-state index in [0.717, 1.165) is 39.0 Å². The average Bonchev–Trinajstić information content (AvgIpc) is 3.99. The fraction of sp³-hybridized carbons (Fsp3) is 0.0690. The molecule has 0 bridgehead atoms. The summed E-state index contributed by atoms with van der Waals surface area (Å²) in [6.07, 6.45) is 0. The summed E-state index contributed by atoms with van der Waals surface area (Å²) < 4.78 is 6.58. The Hall–Kier alpha value is -7.42. The Balaban J connectivity index is 1.11. The number of anilines is 3. The van der Waals surface area contributed by atoms with Crippen LogP contribution in [0.2, 0.25) is 0 Å². The van der Waals surface area contributed by atoms with Gasteiger partial charge in [-0.15, -0.1) is 0 Å². The van der Waals surface area contributed by atoms with Gasteiger partial charge in [0.2, 0.25) is 0 Å². The first-order chi connectivity index (χ1) is 29.5. The molecule has 1 spiro atoms. The van der Waals surface area contributed by atoms with Crippen LogP contribution in [0.3, 0.4) is 0 Å². The molecule has 1 aromatic heterocycles. The molecule has 0 saturated carbocycles. The van der Waals surface area contributed by atoms with Gasteiger partial charge in [0.1, 0.15) is 11.2 Å². The predicted octanol–water partition coefficient (Wildman–Crippen LogP) is 15.4. The van der Waals surface area contributed by atoms with Gasteiger partial charge in [0.05, 0.1) is 27.9 Å². The molecule has 10 aromatic rings. The van der Waals surface area contributed by atoms with E-state index in [4.69, 9.17) is 4.42 Å². The van der Waals surface area contributed by atoms with E-state index < -0.39 is 5.41 Å². The summed E-state index contributed by atoms with van der Waals surface area (Å²) >= 11 is 0. The zero-order chi connectivity index (χ0) is 39.7. The zero-order valence-corrected chi connectivity index (χ0v) is 33.4. The summed E-state index contributed by atoms with van der Waals surface area (Å²) in [6.45, 7) is 4.73. The van der Waals surface area contributed by atoms with Gasteiger partial charge >= 0.3 is 0 Å². The molecule has 1 heterocycles. The maximum absolute atomic E-state index is 6.58. The quantitative estimate of drug-likeness (QED) is 0.177. The number of para-hydroxylation sites is 2. The Kier molecular flexibility index (Phi) is 6.74. The topological polar surface area (TPSA) is 16.4 Å². The molecule has 0 amide bonds. The summed E-state index contributed by atoms with van der Waals surface area (Å²) in [6, 6.07) is 74.2. The zero-order valence-electron chi connectivity index (χ0n) is 33.4. The van der Waals surface area contributed by atoms with E-state index in [-0.39, 0.29) is 5.41 Å². The van der Waals surface area contributed by atoms with Gasteiger partial charge in [-0.05, 0) is 103 Å². The maximum Gasteiger partial charge on any atom is 0.137 e. The van der Waals surface area contributed by atoms with E-state index in [2.05, 4.69) is 219 Å². The van der Waals surface area contributed by atoms with Crippen LogP contribution in [0, 0.1) is 0 Å². The third kappa shape index (κ3) is 4.22. The Bertz CT molecular complexity index is 3370. The van der Waals surface area contributed by atoms with Gasteiger partial charge < -0.3 is 9.32 Å². The van der Waals surface area contributed by atoms with Crippen molar-refractivity contribution < 1.29 is 4.42 Å². The second-order valence-corrected chi connectivity index (χ2v) is 17.1. The largest absolute Gasteiger partial charge is 0.456 e. The van der Waals surface area contributed by atoms with Crippen molar-refractivity contribution in [1.82, 2.24) is 0 Å². The monoisotopic (exact) mass is 765 g/mol. The highest BCUT2D eigenvalue weighted by atomic mass is 16.3. The highest BCUT2D eigenvalue weighted by Crippen LogP contribution is 2.63. The lowest BCUT2D eigenvalue weighted by Gasteiger charge is -2.32. The number of hydrogen-bond acceptors (Lipinski definition) is 2. The van der Waals surface area contributed by atoms with Gasteiger partial charge in [0, 0.05) is 21.9 Å². The number of hydrogen-bond donors (Lipinski definition) is 0. The molecular formula is C58H39NO. The lowest BCUT2D eigenvalue weighted by molar-refractivity contribution is 0.660. The van der Waals surface area contributed by atoms with Crippen molar-refractivity contribution in [2.45, 2.75) is 24.7 Å². The summed E-state index contributed by atoms with van der Waals surface area (Å²) in [7, 11) is 0. The minimum absolute atomic E-state index is 0.154. The molecule has 0 aliphatic heterocycles. The molecule has 0 atom stereocenters. The third-order valence-corrected chi connectivity index (χ3v) is 13.9.